The SMILES string of the molecule is O=C1NC2CCCCCCCC3CC3(C(=O)NS(=O)(=O)C3CC3)NC(=O)C3CC(CN3C2=O)Oc2nc3ccccc3nc2-c2cccc(c2)OCC(F)(F)CO1. The summed E-state index contributed by atoms with van der Waals surface area (Å²) in [5.41, 5.74) is 0.195. The van der Waals surface area contributed by atoms with Crippen LogP contribution in [0, 0.1) is 5.92 Å². The Morgan fingerprint density at radius 1 is 0.895 bits per heavy atom. The summed E-state index contributed by atoms with van der Waals surface area (Å²) in [7, 11) is -3.93. The molecule has 1 aromatic heterocycles. The zero-order chi connectivity index (χ0) is 40.0. The Morgan fingerprint density at radius 3 is 2.39 bits per heavy atom. The topological polar surface area (TPSA) is 195 Å². The van der Waals surface area contributed by atoms with E-state index in [-0.39, 0.29) is 49.0 Å². The average Bonchev–Trinajstić information content (AvgIpc) is 4.11. The van der Waals surface area contributed by atoms with Gasteiger partial charge in [-0.25, -0.2) is 23.2 Å². The van der Waals surface area contributed by atoms with Gasteiger partial charge in [0.25, 0.3) is 5.91 Å². The van der Waals surface area contributed by atoms with Crippen molar-refractivity contribution >= 4 is 44.9 Å². The van der Waals surface area contributed by atoms with Crippen molar-refractivity contribution < 1.29 is 50.6 Å². The summed E-state index contributed by atoms with van der Waals surface area (Å²) in [6.45, 7) is -2.59. The number of para-hydroxylation sites is 2. The molecule has 304 valence electrons. The van der Waals surface area contributed by atoms with E-state index in [9.17, 15) is 27.6 Å². The van der Waals surface area contributed by atoms with Gasteiger partial charge >= 0.3 is 12.0 Å². The van der Waals surface area contributed by atoms with Crippen LogP contribution in [-0.4, -0.2) is 102 Å². The van der Waals surface area contributed by atoms with Crippen molar-refractivity contribution in [3.05, 3.63) is 48.5 Å². The number of sulfonamides is 1. The van der Waals surface area contributed by atoms with Gasteiger partial charge in [0.1, 0.15) is 35.2 Å². The Balaban J connectivity index is 1.17. The van der Waals surface area contributed by atoms with Crippen molar-refractivity contribution in [1.29, 1.82) is 0 Å². The molecule has 2 saturated carbocycles. The van der Waals surface area contributed by atoms with Crippen LogP contribution in [0.2, 0.25) is 0 Å². The molecule has 15 nitrogen and oxygen atoms in total. The number of hydrogen-bond acceptors (Lipinski definition) is 11. The number of hydrogen-bond donors (Lipinski definition) is 3. The van der Waals surface area contributed by atoms with E-state index in [0.29, 0.717) is 48.7 Å². The highest BCUT2D eigenvalue weighted by molar-refractivity contribution is 7.91. The monoisotopic (exact) mass is 810 g/mol. The molecule has 3 aromatic rings. The molecule has 4 heterocycles. The van der Waals surface area contributed by atoms with Gasteiger partial charge in [-0.2, -0.15) is 8.78 Å². The lowest BCUT2D eigenvalue weighted by Crippen LogP contribution is -2.58. The molecule has 4 amide bonds. The summed E-state index contributed by atoms with van der Waals surface area (Å²) >= 11 is 0. The first-order chi connectivity index (χ1) is 27.3. The Bertz CT molecular complexity index is 2190. The number of alkyl halides is 2. The third kappa shape index (κ3) is 8.46. The highest BCUT2D eigenvalue weighted by Crippen LogP contribution is 2.48. The van der Waals surface area contributed by atoms with Crippen LogP contribution in [-0.2, 0) is 29.1 Å². The van der Waals surface area contributed by atoms with Gasteiger partial charge in [-0.15, -0.1) is 0 Å². The third-order valence-corrected chi connectivity index (χ3v) is 13.1. The summed E-state index contributed by atoms with van der Waals surface area (Å²) in [5, 5.41) is 4.66. The number of fused-ring (bicyclic) bond motifs is 8. The fraction of sp³-hybridized carbons (Fsp3) is 0.538. The molecular formula is C39H44F2N6O9S. The molecule has 5 unspecified atom stereocenters. The molecule has 2 aromatic carbocycles. The van der Waals surface area contributed by atoms with Crippen LogP contribution in [0.1, 0.15) is 70.6 Å². The van der Waals surface area contributed by atoms with Gasteiger partial charge in [0.15, 0.2) is 13.2 Å². The predicted octanol–water partition coefficient (Wildman–Crippen LogP) is 4.00. The molecule has 18 heteroatoms. The van der Waals surface area contributed by atoms with Crippen molar-refractivity contribution in [3.63, 3.8) is 0 Å². The normalized spacial score (nSPS) is 28.3. The number of halogens is 2. The first-order valence-electron chi connectivity index (χ1n) is 19.5. The standard InChI is InChI=1S/C39H44F2N6O9S/c40-38(41)21-54-25-11-8-9-23(17-25)32-34(43-29-13-7-6-12-28(29)42-32)56-26-18-31-33(48)45-39(36(50)46-57(52,53)27-15-16-27)19-24(39)10-4-2-1-3-5-14-30(35(49)47(31)20-26)44-37(51)55-22-38/h6-9,11-13,17,24,26-27,30-31H,1-5,10,14-16,18-22H2,(H,44,51)(H,45,48)(H,46,50). The van der Waals surface area contributed by atoms with Crippen LogP contribution >= 0.6 is 0 Å². The summed E-state index contributed by atoms with van der Waals surface area (Å²) in [4.78, 5) is 66.6. The number of carbonyl (C=O) groups excluding carboxylic acids is 4. The van der Waals surface area contributed by atoms with Gasteiger partial charge in [0.05, 0.1) is 22.8 Å². The molecular weight excluding hydrogens is 767 g/mol. The van der Waals surface area contributed by atoms with Crippen LogP contribution in [0.4, 0.5) is 13.6 Å². The van der Waals surface area contributed by atoms with E-state index in [1.807, 2.05) is 0 Å². The van der Waals surface area contributed by atoms with E-state index < -0.39 is 82.0 Å². The van der Waals surface area contributed by atoms with Gasteiger partial charge in [0.2, 0.25) is 27.7 Å². The number of nitrogens with zero attached hydrogens (tertiary/aromatic N) is 3. The van der Waals surface area contributed by atoms with Gasteiger partial charge in [-0.1, -0.05) is 56.4 Å². The molecule has 5 atom stereocenters. The molecule has 3 N–H and O–H groups in total. The van der Waals surface area contributed by atoms with Crippen LogP contribution in [0.5, 0.6) is 11.6 Å². The van der Waals surface area contributed by atoms with E-state index in [4.69, 9.17) is 24.2 Å². The first kappa shape index (κ1) is 38.7. The molecule has 57 heavy (non-hydrogen) atoms. The Labute approximate surface area is 327 Å². The number of cyclic esters (lactones) is 1. The van der Waals surface area contributed by atoms with E-state index in [0.717, 1.165) is 19.3 Å². The zero-order valence-corrected chi connectivity index (χ0v) is 31.9. The Kier molecular flexibility index (Phi) is 10.4. The van der Waals surface area contributed by atoms with Crippen molar-refractivity contribution in [2.45, 2.75) is 106 Å². The van der Waals surface area contributed by atoms with Crippen LogP contribution < -0.4 is 24.8 Å². The molecule has 0 spiro atoms. The highest BCUT2D eigenvalue weighted by atomic mass is 32.2. The number of nitrogens with one attached hydrogen (secondary N) is 3. The van der Waals surface area contributed by atoms with E-state index in [1.54, 1.807) is 36.4 Å². The number of benzene rings is 2. The second-order valence-corrected chi connectivity index (χ2v) is 17.6. The Morgan fingerprint density at radius 2 is 1.61 bits per heavy atom. The molecule has 5 aliphatic rings. The van der Waals surface area contributed by atoms with Crippen molar-refractivity contribution in [2.24, 2.45) is 5.92 Å². The van der Waals surface area contributed by atoms with E-state index >= 15 is 8.78 Å². The van der Waals surface area contributed by atoms with Gasteiger partial charge in [0, 0.05) is 12.0 Å². The smallest absolute Gasteiger partial charge is 0.408 e. The molecule has 0 radical (unpaired) electrons. The number of aromatic nitrogens is 2. The third-order valence-electron chi connectivity index (χ3n) is 11.3. The predicted molar refractivity (Wildman–Crippen MR) is 200 cm³/mol. The summed E-state index contributed by atoms with van der Waals surface area (Å²) in [6.07, 6.45) is 3.11. The highest BCUT2D eigenvalue weighted by Gasteiger charge is 2.62. The number of carbonyl (C=O) groups is 4. The van der Waals surface area contributed by atoms with E-state index in [1.165, 1.54) is 17.0 Å². The molecule has 8 rings (SSSR count). The van der Waals surface area contributed by atoms with Gasteiger partial charge < -0.3 is 29.7 Å². The quantitative estimate of drug-likeness (QED) is 0.346. The summed E-state index contributed by atoms with van der Waals surface area (Å²) in [5.74, 6) is -5.97. The molecule has 2 saturated heterocycles. The van der Waals surface area contributed by atoms with Crippen molar-refractivity contribution in [3.8, 4) is 22.9 Å². The van der Waals surface area contributed by atoms with Crippen molar-refractivity contribution in [1.82, 2.24) is 30.2 Å². The number of rotatable bonds is 3. The number of alkyl carbamates (subject to hydrolysis) is 1. The Hall–Kier alpha value is -5.13. The summed E-state index contributed by atoms with van der Waals surface area (Å²) in [6, 6.07) is 10.8. The maximum absolute atomic E-state index is 15.0. The van der Waals surface area contributed by atoms with Gasteiger partial charge in [-0.05, 0) is 62.3 Å². The second-order valence-electron chi connectivity index (χ2n) is 15.7. The molecule has 4 fully saturated rings. The lowest BCUT2D eigenvalue weighted by Gasteiger charge is -2.30. The minimum absolute atomic E-state index is 0.0551. The largest absolute Gasteiger partial charge is 0.487 e. The first-order valence-corrected chi connectivity index (χ1v) is 21.0. The summed E-state index contributed by atoms with van der Waals surface area (Å²) < 4.78 is 74.9. The molecule has 3 aliphatic heterocycles. The van der Waals surface area contributed by atoms with Crippen LogP contribution in [0.3, 0.4) is 0 Å². The fourth-order valence-electron chi connectivity index (χ4n) is 7.98. The molecule has 5 bridgehead atoms. The van der Waals surface area contributed by atoms with Crippen LogP contribution in [0.15, 0.2) is 48.5 Å². The number of ether oxygens (including phenoxy) is 3. The fourth-order valence-corrected chi connectivity index (χ4v) is 9.35. The van der Waals surface area contributed by atoms with E-state index in [2.05, 4.69) is 15.4 Å². The second kappa shape index (κ2) is 15.3. The lowest BCUT2D eigenvalue weighted by molar-refractivity contribution is -0.141. The average molecular weight is 811 g/mol. The minimum Gasteiger partial charge on any atom is -0.487 e. The van der Waals surface area contributed by atoms with Crippen molar-refractivity contribution in [2.75, 3.05) is 19.8 Å². The molecule has 2 aliphatic carbocycles. The maximum Gasteiger partial charge on any atom is 0.408 e. The number of amides is 4. The maximum atomic E-state index is 15.0. The minimum atomic E-state index is -3.93. The van der Waals surface area contributed by atoms with Crippen LogP contribution in [0.25, 0.3) is 22.3 Å². The lowest BCUT2D eigenvalue weighted by atomic mass is 10.0. The zero-order valence-electron chi connectivity index (χ0n) is 31.1. The van der Waals surface area contributed by atoms with Gasteiger partial charge in [-0.3, -0.25) is 19.1 Å².